The maximum atomic E-state index is 13.3. The number of aromatic nitrogens is 2. The summed E-state index contributed by atoms with van der Waals surface area (Å²) >= 11 is 0. The summed E-state index contributed by atoms with van der Waals surface area (Å²) in [6.45, 7) is 3.73. The third kappa shape index (κ3) is 7.53. The van der Waals surface area contributed by atoms with Crippen LogP contribution in [0.5, 0.6) is 0 Å². The summed E-state index contributed by atoms with van der Waals surface area (Å²) in [5.41, 5.74) is 4.93. The Hall–Kier alpha value is -4.52. The van der Waals surface area contributed by atoms with Gasteiger partial charge in [-0.1, -0.05) is 60.5 Å². The highest BCUT2D eigenvalue weighted by Crippen LogP contribution is 2.26. The molecule has 0 aliphatic carbocycles. The van der Waals surface area contributed by atoms with Crippen LogP contribution in [0.25, 0.3) is 11.1 Å². The van der Waals surface area contributed by atoms with Gasteiger partial charge in [-0.25, -0.2) is 23.1 Å². The van der Waals surface area contributed by atoms with E-state index in [1.165, 1.54) is 6.20 Å². The maximum absolute atomic E-state index is 13.3. The Balaban J connectivity index is 1.51. The quantitative estimate of drug-likeness (QED) is 0.207. The van der Waals surface area contributed by atoms with Gasteiger partial charge in [-0.05, 0) is 60.4 Å². The molecule has 0 aliphatic rings. The van der Waals surface area contributed by atoms with Crippen LogP contribution in [-0.2, 0) is 32.5 Å². The van der Waals surface area contributed by atoms with Gasteiger partial charge in [0.25, 0.3) is 10.0 Å². The third-order valence-corrected chi connectivity index (χ3v) is 7.30. The van der Waals surface area contributed by atoms with Crippen molar-refractivity contribution in [1.82, 2.24) is 14.7 Å². The summed E-state index contributed by atoms with van der Waals surface area (Å²) in [6, 6.07) is 24.6. The highest BCUT2D eigenvalue weighted by molar-refractivity contribution is 7.89. The number of esters is 1. The van der Waals surface area contributed by atoms with E-state index in [4.69, 9.17) is 4.74 Å². The lowest BCUT2D eigenvalue weighted by Gasteiger charge is -2.12. The minimum absolute atomic E-state index is 0.0365. The van der Waals surface area contributed by atoms with Crippen molar-refractivity contribution < 1.29 is 17.9 Å². The molecule has 0 saturated carbocycles. The standard InChI is InChI=1S/C31H30N4O4S/c1-3-10-25-19-23(16-17-28(25)24-11-6-5-7-12-24)20-26-13-9-18-32-31(26)40(37,38)34-21-27-14-8-15-29(35-27)33-22-30(36)39-4-2/h5-9,11-19,34H,4,20-22H2,1-2H3,(H,33,35). The SMILES string of the molecule is CC#Cc1cc(Cc2cccnc2S(=O)(=O)NCc2cccc(NCC(=O)OCC)n2)ccc1-c1ccccc1. The largest absolute Gasteiger partial charge is 0.465 e. The van der Waals surface area contributed by atoms with Crippen molar-refractivity contribution in [1.29, 1.82) is 0 Å². The van der Waals surface area contributed by atoms with Crippen molar-refractivity contribution >= 4 is 21.8 Å². The number of carbonyl (C=O) groups is 1. The molecule has 2 N–H and O–H groups in total. The van der Waals surface area contributed by atoms with Crippen LogP contribution >= 0.6 is 0 Å². The second-order valence-corrected chi connectivity index (χ2v) is 10.4. The number of pyridine rings is 2. The number of hydrogen-bond donors (Lipinski definition) is 2. The van der Waals surface area contributed by atoms with Crippen molar-refractivity contribution in [3.05, 3.63) is 107 Å². The molecule has 0 spiro atoms. The molecule has 4 aromatic rings. The molecule has 0 bridgehead atoms. The molecule has 4 rings (SSSR count). The molecule has 0 saturated heterocycles. The summed E-state index contributed by atoms with van der Waals surface area (Å²) in [5, 5.41) is 2.84. The van der Waals surface area contributed by atoms with E-state index in [2.05, 4.69) is 31.8 Å². The fraction of sp³-hybridized carbons (Fsp3) is 0.194. The van der Waals surface area contributed by atoms with Crippen LogP contribution in [-0.4, -0.2) is 37.5 Å². The Labute approximate surface area is 234 Å². The van der Waals surface area contributed by atoms with Gasteiger partial charge in [0.15, 0.2) is 5.03 Å². The molecule has 9 heteroatoms. The number of benzene rings is 2. The minimum atomic E-state index is -3.95. The first-order valence-corrected chi connectivity index (χ1v) is 14.3. The van der Waals surface area contributed by atoms with Crippen LogP contribution in [0.3, 0.4) is 0 Å². The van der Waals surface area contributed by atoms with Crippen LogP contribution in [0.4, 0.5) is 5.82 Å². The molecule has 0 radical (unpaired) electrons. The summed E-state index contributed by atoms with van der Waals surface area (Å²) in [4.78, 5) is 20.2. The van der Waals surface area contributed by atoms with Gasteiger partial charge in [-0.15, -0.1) is 5.92 Å². The van der Waals surface area contributed by atoms with Crippen LogP contribution in [0.15, 0.2) is 90.1 Å². The predicted octanol–water partition coefficient (Wildman–Crippen LogP) is 4.56. The Morgan fingerprint density at radius 2 is 1.82 bits per heavy atom. The highest BCUT2D eigenvalue weighted by Gasteiger charge is 2.20. The van der Waals surface area contributed by atoms with Crippen molar-refractivity contribution in [2.24, 2.45) is 0 Å². The van der Waals surface area contributed by atoms with Crippen molar-refractivity contribution in [3.63, 3.8) is 0 Å². The average Bonchev–Trinajstić information content (AvgIpc) is 2.96. The van der Waals surface area contributed by atoms with Crippen LogP contribution in [0.2, 0.25) is 0 Å². The monoisotopic (exact) mass is 554 g/mol. The van der Waals surface area contributed by atoms with E-state index in [9.17, 15) is 13.2 Å². The van der Waals surface area contributed by atoms with Crippen molar-refractivity contribution in [2.45, 2.75) is 31.8 Å². The summed E-state index contributed by atoms with van der Waals surface area (Å²) in [7, 11) is -3.95. The second kappa shape index (κ2) is 13.5. The normalized spacial score (nSPS) is 10.8. The molecule has 0 fully saturated rings. The van der Waals surface area contributed by atoms with Gasteiger partial charge in [0, 0.05) is 18.2 Å². The predicted molar refractivity (Wildman–Crippen MR) is 155 cm³/mol. The molecular weight excluding hydrogens is 524 g/mol. The Bertz CT molecular complexity index is 1640. The lowest BCUT2D eigenvalue weighted by Crippen LogP contribution is -2.26. The molecule has 0 atom stereocenters. The lowest BCUT2D eigenvalue weighted by atomic mass is 9.95. The summed E-state index contributed by atoms with van der Waals surface area (Å²) in [6.07, 6.45) is 1.83. The summed E-state index contributed by atoms with van der Waals surface area (Å²) < 4.78 is 34.1. The molecule has 40 heavy (non-hydrogen) atoms. The number of anilines is 1. The van der Waals surface area contributed by atoms with Gasteiger partial charge in [0.1, 0.15) is 12.4 Å². The molecule has 0 amide bonds. The number of ether oxygens (including phenoxy) is 1. The minimum Gasteiger partial charge on any atom is -0.465 e. The number of nitrogens with zero attached hydrogens (tertiary/aromatic N) is 2. The van der Waals surface area contributed by atoms with E-state index < -0.39 is 16.0 Å². The zero-order chi connectivity index (χ0) is 28.4. The van der Waals surface area contributed by atoms with Gasteiger partial charge < -0.3 is 10.1 Å². The number of nitrogens with one attached hydrogen (secondary N) is 2. The lowest BCUT2D eigenvalue weighted by molar-refractivity contribution is -0.140. The number of sulfonamides is 1. The van der Waals surface area contributed by atoms with E-state index in [-0.39, 0.29) is 24.7 Å². The molecule has 2 heterocycles. The maximum Gasteiger partial charge on any atom is 0.325 e. The molecule has 0 aliphatic heterocycles. The van der Waals surface area contributed by atoms with E-state index in [1.807, 2.05) is 48.5 Å². The second-order valence-electron chi connectivity index (χ2n) is 8.76. The van der Waals surface area contributed by atoms with Gasteiger partial charge in [-0.2, -0.15) is 0 Å². The average molecular weight is 555 g/mol. The zero-order valence-corrected chi connectivity index (χ0v) is 23.2. The third-order valence-electron chi connectivity index (χ3n) is 5.90. The topological polar surface area (TPSA) is 110 Å². The first-order valence-electron chi connectivity index (χ1n) is 12.8. The molecule has 2 aromatic carbocycles. The fourth-order valence-electron chi connectivity index (χ4n) is 4.12. The van der Waals surface area contributed by atoms with Crippen LogP contribution in [0.1, 0.15) is 36.2 Å². The number of rotatable bonds is 11. The summed E-state index contributed by atoms with van der Waals surface area (Å²) in [5.74, 6) is 6.19. The van der Waals surface area contributed by atoms with Gasteiger partial charge >= 0.3 is 5.97 Å². The van der Waals surface area contributed by atoms with Gasteiger partial charge in [0.2, 0.25) is 0 Å². The van der Waals surface area contributed by atoms with Gasteiger partial charge in [-0.3, -0.25) is 4.79 Å². The first kappa shape index (κ1) is 28.5. The number of hydrogen-bond acceptors (Lipinski definition) is 7. The van der Waals surface area contributed by atoms with E-state index in [0.717, 1.165) is 22.3 Å². The van der Waals surface area contributed by atoms with Crippen LogP contribution < -0.4 is 10.0 Å². The molecule has 0 unspecified atom stereocenters. The molecule has 204 valence electrons. The molecular formula is C31H30N4O4S. The smallest absolute Gasteiger partial charge is 0.325 e. The van der Waals surface area contributed by atoms with E-state index in [1.54, 1.807) is 44.2 Å². The first-order chi connectivity index (χ1) is 19.4. The Morgan fingerprint density at radius 3 is 2.60 bits per heavy atom. The Kier molecular flexibility index (Phi) is 9.62. The molecule has 8 nitrogen and oxygen atoms in total. The Morgan fingerprint density at radius 1 is 1.00 bits per heavy atom. The highest BCUT2D eigenvalue weighted by atomic mass is 32.2. The zero-order valence-electron chi connectivity index (χ0n) is 22.3. The van der Waals surface area contributed by atoms with E-state index in [0.29, 0.717) is 23.5 Å². The van der Waals surface area contributed by atoms with Crippen LogP contribution in [0, 0.1) is 11.8 Å². The number of carbonyl (C=O) groups excluding carboxylic acids is 1. The molecule has 2 aromatic heterocycles. The fourth-order valence-corrected chi connectivity index (χ4v) is 5.28. The van der Waals surface area contributed by atoms with Gasteiger partial charge in [0.05, 0.1) is 18.8 Å². The van der Waals surface area contributed by atoms with E-state index >= 15 is 0 Å². The van der Waals surface area contributed by atoms with Crippen molar-refractivity contribution in [2.75, 3.05) is 18.5 Å². The van der Waals surface area contributed by atoms with Crippen molar-refractivity contribution in [3.8, 4) is 23.0 Å².